The van der Waals surface area contributed by atoms with Crippen LogP contribution in [0, 0.1) is 6.92 Å². The summed E-state index contributed by atoms with van der Waals surface area (Å²) in [7, 11) is 0. The summed E-state index contributed by atoms with van der Waals surface area (Å²) in [5, 5.41) is 2.81. The number of nitrogens with one attached hydrogen (secondary N) is 1. The molecular formula is C15H16N2O2S. The van der Waals surface area contributed by atoms with Gasteiger partial charge in [-0.3, -0.25) is 9.59 Å². The molecular weight excluding hydrogens is 272 g/mol. The fourth-order valence-corrected chi connectivity index (χ4v) is 2.90. The smallest absolute Gasteiger partial charge is 0.265 e. The van der Waals surface area contributed by atoms with Crippen molar-refractivity contribution >= 4 is 28.8 Å². The van der Waals surface area contributed by atoms with Crippen LogP contribution < -0.4 is 11.1 Å². The van der Waals surface area contributed by atoms with Gasteiger partial charge in [0.15, 0.2) is 0 Å². The van der Waals surface area contributed by atoms with Crippen molar-refractivity contribution in [3.8, 4) is 0 Å². The SMILES string of the molecule is CCc1sc(C(=O)Nc2ccc(C(N)=O)cc2)cc1C. The summed E-state index contributed by atoms with van der Waals surface area (Å²) < 4.78 is 0. The van der Waals surface area contributed by atoms with E-state index in [9.17, 15) is 9.59 Å². The third-order valence-corrected chi connectivity index (χ3v) is 4.37. The number of nitrogens with two attached hydrogens (primary N) is 1. The average molecular weight is 288 g/mol. The number of primary amides is 1. The zero-order chi connectivity index (χ0) is 14.7. The number of benzene rings is 1. The van der Waals surface area contributed by atoms with Gasteiger partial charge in [0.05, 0.1) is 4.88 Å². The first-order valence-electron chi connectivity index (χ1n) is 6.31. The Hall–Kier alpha value is -2.14. The average Bonchev–Trinajstić information content (AvgIpc) is 2.80. The van der Waals surface area contributed by atoms with Crippen LogP contribution in [0.4, 0.5) is 5.69 Å². The van der Waals surface area contributed by atoms with Gasteiger partial charge >= 0.3 is 0 Å². The molecule has 0 saturated carbocycles. The maximum Gasteiger partial charge on any atom is 0.265 e. The zero-order valence-electron chi connectivity index (χ0n) is 11.4. The number of amides is 2. The first-order valence-corrected chi connectivity index (χ1v) is 7.13. The quantitative estimate of drug-likeness (QED) is 0.907. The Labute approximate surface area is 121 Å². The van der Waals surface area contributed by atoms with Crippen LogP contribution in [-0.2, 0) is 6.42 Å². The third kappa shape index (κ3) is 3.05. The highest BCUT2D eigenvalue weighted by Crippen LogP contribution is 2.23. The molecule has 1 heterocycles. The zero-order valence-corrected chi connectivity index (χ0v) is 12.2. The van der Waals surface area contributed by atoms with E-state index >= 15 is 0 Å². The summed E-state index contributed by atoms with van der Waals surface area (Å²) in [5.74, 6) is -0.617. The molecule has 0 aliphatic carbocycles. The van der Waals surface area contributed by atoms with Gasteiger partial charge in [-0.15, -0.1) is 11.3 Å². The molecule has 0 aliphatic heterocycles. The van der Waals surface area contributed by atoms with Crippen LogP contribution in [-0.4, -0.2) is 11.8 Å². The second-order valence-corrected chi connectivity index (χ2v) is 5.60. The number of aryl methyl sites for hydroxylation is 2. The maximum atomic E-state index is 12.1. The van der Waals surface area contributed by atoms with Gasteiger partial charge in [0, 0.05) is 16.1 Å². The molecule has 0 fully saturated rings. The third-order valence-electron chi connectivity index (χ3n) is 2.99. The summed E-state index contributed by atoms with van der Waals surface area (Å²) >= 11 is 1.51. The van der Waals surface area contributed by atoms with Crippen molar-refractivity contribution in [3.63, 3.8) is 0 Å². The van der Waals surface area contributed by atoms with Gasteiger partial charge in [-0.1, -0.05) is 6.92 Å². The van der Waals surface area contributed by atoms with E-state index in [2.05, 4.69) is 12.2 Å². The minimum Gasteiger partial charge on any atom is -0.366 e. The van der Waals surface area contributed by atoms with E-state index in [4.69, 9.17) is 5.73 Å². The van der Waals surface area contributed by atoms with Crippen LogP contribution in [0.5, 0.6) is 0 Å². The van der Waals surface area contributed by atoms with E-state index in [0.717, 1.165) is 12.0 Å². The molecule has 104 valence electrons. The number of rotatable bonds is 4. The van der Waals surface area contributed by atoms with Crippen molar-refractivity contribution in [2.45, 2.75) is 20.3 Å². The number of thiophene rings is 1. The summed E-state index contributed by atoms with van der Waals surface area (Å²) in [6.07, 6.45) is 0.928. The van der Waals surface area contributed by atoms with Crippen molar-refractivity contribution < 1.29 is 9.59 Å². The molecule has 0 spiro atoms. The lowest BCUT2D eigenvalue weighted by atomic mass is 10.2. The van der Waals surface area contributed by atoms with Crippen molar-refractivity contribution in [1.29, 1.82) is 0 Å². The van der Waals surface area contributed by atoms with Crippen LogP contribution >= 0.6 is 11.3 Å². The topological polar surface area (TPSA) is 72.2 Å². The van der Waals surface area contributed by atoms with Gasteiger partial charge in [0.1, 0.15) is 0 Å². The monoisotopic (exact) mass is 288 g/mol. The summed E-state index contributed by atoms with van der Waals surface area (Å²) in [5.41, 5.74) is 7.37. The Morgan fingerprint density at radius 2 is 1.90 bits per heavy atom. The fourth-order valence-electron chi connectivity index (χ4n) is 1.89. The Kier molecular flexibility index (Phi) is 4.20. The molecule has 20 heavy (non-hydrogen) atoms. The van der Waals surface area contributed by atoms with Gasteiger partial charge in [0.25, 0.3) is 5.91 Å². The number of anilines is 1. The lowest BCUT2D eigenvalue weighted by molar-refractivity contribution is 0.0998. The van der Waals surface area contributed by atoms with Gasteiger partial charge < -0.3 is 11.1 Å². The molecule has 0 bridgehead atoms. The molecule has 5 heteroatoms. The Bertz CT molecular complexity index is 644. The van der Waals surface area contributed by atoms with Crippen LogP contribution in [0.25, 0.3) is 0 Å². The minimum absolute atomic E-state index is 0.135. The molecule has 3 N–H and O–H groups in total. The van der Waals surface area contributed by atoms with Gasteiger partial charge in [-0.05, 0) is 49.2 Å². The normalized spacial score (nSPS) is 10.3. The summed E-state index contributed by atoms with van der Waals surface area (Å²) in [6.45, 7) is 4.08. The van der Waals surface area contributed by atoms with Gasteiger partial charge in [-0.25, -0.2) is 0 Å². The van der Waals surface area contributed by atoms with Crippen LogP contribution in [0.3, 0.4) is 0 Å². The molecule has 1 aromatic carbocycles. The predicted octanol–water partition coefficient (Wildman–Crippen LogP) is 2.97. The molecule has 0 saturated heterocycles. The summed E-state index contributed by atoms with van der Waals surface area (Å²) in [6, 6.07) is 8.42. The van der Waals surface area contributed by atoms with E-state index in [-0.39, 0.29) is 5.91 Å². The molecule has 0 radical (unpaired) electrons. The Morgan fingerprint density at radius 1 is 1.25 bits per heavy atom. The lowest BCUT2D eigenvalue weighted by Crippen LogP contribution is -2.12. The van der Waals surface area contributed by atoms with E-state index < -0.39 is 5.91 Å². The van der Waals surface area contributed by atoms with E-state index in [1.165, 1.54) is 16.2 Å². The van der Waals surface area contributed by atoms with E-state index in [1.807, 2.05) is 13.0 Å². The molecule has 2 aromatic rings. The van der Waals surface area contributed by atoms with Crippen LogP contribution in [0.2, 0.25) is 0 Å². The fraction of sp³-hybridized carbons (Fsp3) is 0.200. The predicted molar refractivity (Wildman–Crippen MR) is 81.3 cm³/mol. The first kappa shape index (κ1) is 14.3. The number of carbonyl (C=O) groups is 2. The lowest BCUT2D eigenvalue weighted by Gasteiger charge is -2.04. The van der Waals surface area contributed by atoms with Crippen molar-refractivity contribution in [2.75, 3.05) is 5.32 Å². The molecule has 0 atom stereocenters. The van der Waals surface area contributed by atoms with Crippen LogP contribution in [0.15, 0.2) is 30.3 Å². The number of hydrogen-bond acceptors (Lipinski definition) is 3. The molecule has 1 aromatic heterocycles. The Morgan fingerprint density at radius 3 is 2.40 bits per heavy atom. The highest BCUT2D eigenvalue weighted by Gasteiger charge is 2.12. The molecule has 0 unspecified atom stereocenters. The molecule has 0 aliphatic rings. The second-order valence-electron chi connectivity index (χ2n) is 4.47. The van der Waals surface area contributed by atoms with Gasteiger partial charge in [0.2, 0.25) is 5.91 Å². The van der Waals surface area contributed by atoms with Crippen molar-refractivity contribution in [1.82, 2.24) is 0 Å². The highest BCUT2D eigenvalue weighted by molar-refractivity contribution is 7.14. The standard InChI is InChI=1S/C15H16N2O2S/c1-3-12-9(2)8-13(20-12)15(19)17-11-6-4-10(5-7-11)14(16)18/h4-8H,3H2,1-2H3,(H2,16,18)(H,17,19). The van der Waals surface area contributed by atoms with E-state index in [0.29, 0.717) is 16.1 Å². The summed E-state index contributed by atoms with van der Waals surface area (Å²) in [4.78, 5) is 25.0. The van der Waals surface area contributed by atoms with E-state index in [1.54, 1.807) is 24.3 Å². The largest absolute Gasteiger partial charge is 0.366 e. The molecule has 2 amide bonds. The van der Waals surface area contributed by atoms with Crippen molar-refractivity contribution in [3.05, 3.63) is 51.2 Å². The number of hydrogen-bond donors (Lipinski definition) is 2. The minimum atomic E-state index is -0.482. The molecule has 2 rings (SSSR count). The number of carbonyl (C=O) groups excluding carboxylic acids is 2. The highest BCUT2D eigenvalue weighted by atomic mass is 32.1. The Balaban J connectivity index is 2.12. The second kappa shape index (κ2) is 5.88. The molecule has 4 nitrogen and oxygen atoms in total. The maximum absolute atomic E-state index is 12.1. The van der Waals surface area contributed by atoms with Crippen molar-refractivity contribution in [2.24, 2.45) is 5.73 Å². The van der Waals surface area contributed by atoms with Crippen LogP contribution in [0.1, 0.15) is 37.4 Å². The van der Waals surface area contributed by atoms with Gasteiger partial charge in [-0.2, -0.15) is 0 Å². The first-order chi connectivity index (χ1) is 9.51.